The summed E-state index contributed by atoms with van der Waals surface area (Å²) in [4.78, 5) is 13.8. The van der Waals surface area contributed by atoms with Crippen molar-refractivity contribution in [3.05, 3.63) is 33.8 Å². The Labute approximate surface area is 128 Å². The molecule has 2 rings (SSSR count). The molecule has 6 heteroatoms. The van der Waals surface area contributed by atoms with E-state index in [1.165, 1.54) is 0 Å². The van der Waals surface area contributed by atoms with Gasteiger partial charge in [0.25, 0.3) is 0 Å². The molecule has 1 saturated carbocycles. The Balaban J connectivity index is 1.85. The summed E-state index contributed by atoms with van der Waals surface area (Å²) in [6.07, 6.45) is 1.40. The molecule has 0 aliphatic heterocycles. The zero-order chi connectivity index (χ0) is 14.7. The van der Waals surface area contributed by atoms with Crippen LogP contribution in [0.3, 0.4) is 0 Å². The molecule has 1 aliphatic carbocycles. The van der Waals surface area contributed by atoms with Crippen molar-refractivity contribution >= 4 is 29.1 Å². The van der Waals surface area contributed by atoms with Gasteiger partial charge in [-0.1, -0.05) is 29.3 Å². The molecule has 0 radical (unpaired) electrons. The standard InChI is InChI=1S/C14H18Cl2N2O2/c1-18(9-5-6-9)8-13(20)17-7-12(19)14-10(15)3-2-4-11(14)16/h2-4,9,12,19H,5-8H2,1H3,(H,17,20). The molecule has 1 atom stereocenters. The van der Waals surface area contributed by atoms with E-state index in [-0.39, 0.29) is 12.5 Å². The molecular weight excluding hydrogens is 299 g/mol. The molecule has 4 nitrogen and oxygen atoms in total. The fraction of sp³-hybridized carbons (Fsp3) is 0.500. The normalized spacial score (nSPS) is 16.2. The number of hydrogen-bond donors (Lipinski definition) is 2. The van der Waals surface area contributed by atoms with Gasteiger partial charge >= 0.3 is 0 Å². The van der Waals surface area contributed by atoms with Gasteiger partial charge in [-0.2, -0.15) is 0 Å². The Bertz CT molecular complexity index is 472. The summed E-state index contributed by atoms with van der Waals surface area (Å²) in [5.74, 6) is -0.110. The second kappa shape index (κ2) is 6.76. The second-order valence-corrected chi connectivity index (χ2v) is 5.92. The Morgan fingerprint density at radius 1 is 1.45 bits per heavy atom. The quantitative estimate of drug-likeness (QED) is 0.846. The van der Waals surface area contributed by atoms with Crippen molar-refractivity contribution in [3.63, 3.8) is 0 Å². The van der Waals surface area contributed by atoms with Crippen molar-refractivity contribution < 1.29 is 9.90 Å². The average Bonchev–Trinajstić information content (AvgIpc) is 3.20. The van der Waals surface area contributed by atoms with Gasteiger partial charge in [0.2, 0.25) is 5.91 Å². The second-order valence-electron chi connectivity index (χ2n) is 5.10. The van der Waals surface area contributed by atoms with Crippen LogP contribution in [0.25, 0.3) is 0 Å². The molecule has 0 saturated heterocycles. The topological polar surface area (TPSA) is 52.6 Å². The lowest BCUT2D eigenvalue weighted by Gasteiger charge is -2.18. The third-order valence-corrected chi connectivity index (χ3v) is 4.05. The zero-order valence-corrected chi connectivity index (χ0v) is 12.8. The molecule has 1 aromatic rings. The van der Waals surface area contributed by atoms with Crippen LogP contribution in [0.15, 0.2) is 18.2 Å². The number of carbonyl (C=O) groups is 1. The minimum atomic E-state index is -0.911. The number of benzene rings is 1. The van der Waals surface area contributed by atoms with Gasteiger partial charge in [0.15, 0.2) is 0 Å². The number of aliphatic hydroxyl groups excluding tert-OH is 1. The highest BCUT2D eigenvalue weighted by Gasteiger charge is 2.27. The summed E-state index contributed by atoms with van der Waals surface area (Å²) >= 11 is 12.0. The Hall–Kier alpha value is -0.810. The average molecular weight is 317 g/mol. The first-order chi connectivity index (χ1) is 9.49. The summed E-state index contributed by atoms with van der Waals surface area (Å²) in [6.45, 7) is 0.439. The van der Waals surface area contributed by atoms with Gasteiger partial charge in [0.1, 0.15) is 0 Å². The van der Waals surface area contributed by atoms with E-state index in [4.69, 9.17) is 23.2 Å². The van der Waals surface area contributed by atoms with E-state index in [0.717, 1.165) is 12.8 Å². The SMILES string of the molecule is CN(CC(=O)NCC(O)c1c(Cl)cccc1Cl)C1CC1. The van der Waals surface area contributed by atoms with Crippen molar-refractivity contribution in [1.82, 2.24) is 10.2 Å². The molecule has 1 fully saturated rings. The van der Waals surface area contributed by atoms with E-state index in [9.17, 15) is 9.90 Å². The van der Waals surface area contributed by atoms with Crippen LogP contribution < -0.4 is 5.32 Å². The summed E-state index contributed by atoms with van der Waals surface area (Å²) < 4.78 is 0. The first-order valence-electron chi connectivity index (χ1n) is 6.58. The molecule has 0 aromatic heterocycles. The smallest absolute Gasteiger partial charge is 0.234 e. The Morgan fingerprint density at radius 2 is 2.05 bits per heavy atom. The minimum Gasteiger partial charge on any atom is -0.386 e. The molecule has 0 spiro atoms. The van der Waals surface area contributed by atoms with E-state index in [1.54, 1.807) is 18.2 Å². The van der Waals surface area contributed by atoms with Gasteiger partial charge < -0.3 is 10.4 Å². The van der Waals surface area contributed by atoms with Crippen LogP contribution in [0, 0.1) is 0 Å². The fourth-order valence-electron chi connectivity index (χ4n) is 2.07. The van der Waals surface area contributed by atoms with Crippen LogP contribution in [0.4, 0.5) is 0 Å². The van der Waals surface area contributed by atoms with Crippen LogP contribution in [0.2, 0.25) is 10.0 Å². The fourth-order valence-corrected chi connectivity index (χ4v) is 2.72. The monoisotopic (exact) mass is 316 g/mol. The van der Waals surface area contributed by atoms with Gasteiger partial charge in [-0.3, -0.25) is 9.69 Å². The third kappa shape index (κ3) is 4.09. The van der Waals surface area contributed by atoms with Gasteiger partial charge in [0, 0.05) is 28.2 Å². The number of rotatable bonds is 6. The molecule has 1 aliphatic rings. The number of carbonyl (C=O) groups excluding carboxylic acids is 1. The van der Waals surface area contributed by atoms with Crippen molar-refractivity contribution in [2.24, 2.45) is 0 Å². The van der Waals surface area contributed by atoms with E-state index in [1.807, 2.05) is 11.9 Å². The molecule has 2 N–H and O–H groups in total. The number of nitrogens with zero attached hydrogens (tertiary/aromatic N) is 1. The van der Waals surface area contributed by atoms with E-state index in [0.29, 0.717) is 28.2 Å². The molecular formula is C14H18Cl2N2O2. The summed E-state index contributed by atoms with van der Waals surface area (Å²) in [5.41, 5.74) is 0.451. The molecule has 110 valence electrons. The number of aliphatic hydroxyl groups is 1. The largest absolute Gasteiger partial charge is 0.386 e. The highest BCUT2D eigenvalue weighted by atomic mass is 35.5. The van der Waals surface area contributed by atoms with Crippen LogP contribution in [0.1, 0.15) is 24.5 Å². The molecule has 1 aromatic carbocycles. The highest BCUT2D eigenvalue weighted by Crippen LogP contribution is 2.29. The summed E-state index contributed by atoms with van der Waals surface area (Å²) in [6, 6.07) is 5.57. The summed E-state index contributed by atoms with van der Waals surface area (Å²) in [5, 5.41) is 13.6. The van der Waals surface area contributed by atoms with Gasteiger partial charge in [-0.15, -0.1) is 0 Å². The van der Waals surface area contributed by atoms with Gasteiger partial charge in [-0.25, -0.2) is 0 Å². The number of nitrogens with one attached hydrogen (secondary N) is 1. The first kappa shape index (κ1) is 15.6. The third-order valence-electron chi connectivity index (χ3n) is 3.39. The van der Waals surface area contributed by atoms with E-state index >= 15 is 0 Å². The number of likely N-dealkylation sites (N-methyl/N-ethyl adjacent to an activating group) is 1. The van der Waals surface area contributed by atoms with Crippen molar-refractivity contribution in [2.75, 3.05) is 20.1 Å². The van der Waals surface area contributed by atoms with Crippen LogP contribution >= 0.6 is 23.2 Å². The molecule has 0 bridgehead atoms. The van der Waals surface area contributed by atoms with E-state index < -0.39 is 6.10 Å². The predicted molar refractivity (Wildman–Crippen MR) is 80.1 cm³/mol. The maximum atomic E-state index is 11.8. The van der Waals surface area contributed by atoms with Gasteiger partial charge in [-0.05, 0) is 32.0 Å². The van der Waals surface area contributed by atoms with Crippen molar-refractivity contribution in [1.29, 1.82) is 0 Å². The van der Waals surface area contributed by atoms with Crippen LogP contribution in [-0.2, 0) is 4.79 Å². The number of hydrogen-bond acceptors (Lipinski definition) is 3. The lowest BCUT2D eigenvalue weighted by Crippen LogP contribution is -2.38. The maximum Gasteiger partial charge on any atom is 0.234 e. The molecule has 1 unspecified atom stereocenters. The van der Waals surface area contributed by atoms with Crippen molar-refractivity contribution in [2.45, 2.75) is 25.0 Å². The molecule has 1 amide bonds. The minimum absolute atomic E-state index is 0.0980. The maximum absolute atomic E-state index is 11.8. The predicted octanol–water partition coefficient (Wildman–Crippen LogP) is 2.24. The Kier molecular flexibility index (Phi) is 5.27. The first-order valence-corrected chi connectivity index (χ1v) is 7.33. The van der Waals surface area contributed by atoms with Crippen LogP contribution in [0.5, 0.6) is 0 Å². The Morgan fingerprint density at radius 3 is 2.60 bits per heavy atom. The summed E-state index contributed by atoms with van der Waals surface area (Å²) in [7, 11) is 1.93. The highest BCUT2D eigenvalue weighted by molar-refractivity contribution is 6.36. The lowest BCUT2D eigenvalue weighted by molar-refractivity contribution is -0.122. The van der Waals surface area contributed by atoms with Gasteiger partial charge in [0.05, 0.1) is 12.6 Å². The molecule has 0 heterocycles. The molecule has 20 heavy (non-hydrogen) atoms. The lowest BCUT2D eigenvalue weighted by atomic mass is 10.1. The van der Waals surface area contributed by atoms with E-state index in [2.05, 4.69) is 5.32 Å². The van der Waals surface area contributed by atoms with Crippen LogP contribution in [-0.4, -0.2) is 42.1 Å². The van der Waals surface area contributed by atoms with Crippen molar-refractivity contribution in [3.8, 4) is 0 Å². The number of halogens is 2. The number of amides is 1. The zero-order valence-electron chi connectivity index (χ0n) is 11.3.